The zero-order valence-corrected chi connectivity index (χ0v) is 30.6. The molecule has 0 heterocycles. The Morgan fingerprint density at radius 3 is 1.37 bits per heavy atom. The van der Waals surface area contributed by atoms with Crippen LogP contribution in [0.25, 0.3) is 0 Å². The van der Waals surface area contributed by atoms with Gasteiger partial charge in [-0.25, -0.2) is 9.78 Å². The summed E-state index contributed by atoms with van der Waals surface area (Å²) < 4.78 is 15.4. The minimum atomic E-state index is -0.280. The maximum Gasteiger partial charge on any atom is 0.316 e. The van der Waals surface area contributed by atoms with Crippen molar-refractivity contribution < 1.29 is 48.6 Å². The van der Waals surface area contributed by atoms with Gasteiger partial charge in [0.25, 0.3) is 0 Å². The minimum absolute atomic E-state index is 0.0973. The largest absolute Gasteiger partial charge is 0.464 e. The summed E-state index contributed by atoms with van der Waals surface area (Å²) in [5.41, 5.74) is 0. The van der Waals surface area contributed by atoms with Crippen LogP contribution in [0.2, 0.25) is 0 Å². The SMILES string of the molecule is O=C(CSCSCCOOCSCSCC(=O)OCSCSCC(=O)OCCSCSCO)OCCSCSCO. The Balaban J connectivity index is 3.28. The van der Waals surface area contributed by atoms with Crippen LogP contribution in [0.5, 0.6) is 0 Å². The maximum absolute atomic E-state index is 11.7. The Morgan fingerprint density at radius 1 is 0.439 bits per heavy atom. The second-order valence-corrected chi connectivity index (χ2v) is 18.4. The van der Waals surface area contributed by atoms with Gasteiger partial charge in [-0.2, -0.15) is 0 Å². The van der Waals surface area contributed by atoms with Crippen LogP contribution in [0, 0.1) is 0 Å². The summed E-state index contributed by atoms with van der Waals surface area (Å²) in [6.07, 6.45) is 0. The molecule has 20 heteroatoms. The van der Waals surface area contributed by atoms with E-state index in [-0.39, 0.29) is 47.2 Å². The molecule has 0 aliphatic carbocycles. The van der Waals surface area contributed by atoms with Crippen molar-refractivity contribution in [3.63, 3.8) is 0 Å². The van der Waals surface area contributed by atoms with Crippen LogP contribution in [0.4, 0.5) is 0 Å². The van der Waals surface area contributed by atoms with Gasteiger partial charge in [-0.3, -0.25) is 14.4 Å². The normalized spacial score (nSPS) is 11.0. The molecule has 0 spiro atoms. The quantitative estimate of drug-likeness (QED) is 0.0248. The molecule has 242 valence electrons. The van der Waals surface area contributed by atoms with Crippen LogP contribution in [0.3, 0.4) is 0 Å². The first-order valence-corrected chi connectivity index (χ1v) is 23.3. The van der Waals surface area contributed by atoms with E-state index < -0.39 is 0 Å². The first-order valence-electron chi connectivity index (χ1n) is 11.8. The van der Waals surface area contributed by atoms with Crippen LogP contribution < -0.4 is 0 Å². The minimum Gasteiger partial charge on any atom is -0.464 e. The van der Waals surface area contributed by atoms with Crippen LogP contribution in [-0.4, -0.2) is 132 Å². The molecule has 0 unspecified atom stereocenters. The van der Waals surface area contributed by atoms with E-state index in [1.54, 1.807) is 35.3 Å². The Hall–Kier alpha value is 1.75. The third-order valence-electron chi connectivity index (χ3n) is 3.49. The molecule has 0 saturated carbocycles. The topological polar surface area (TPSA) is 138 Å². The van der Waals surface area contributed by atoms with E-state index >= 15 is 0 Å². The molecule has 0 radical (unpaired) electrons. The Morgan fingerprint density at radius 2 is 0.854 bits per heavy atom. The number of hydrogen-bond donors (Lipinski definition) is 2. The lowest BCUT2D eigenvalue weighted by Gasteiger charge is -2.06. The van der Waals surface area contributed by atoms with E-state index in [1.807, 2.05) is 0 Å². The van der Waals surface area contributed by atoms with Crippen LogP contribution in [-0.2, 0) is 38.4 Å². The van der Waals surface area contributed by atoms with Crippen molar-refractivity contribution in [1.29, 1.82) is 0 Å². The number of ether oxygens (including phenoxy) is 3. The second kappa shape index (κ2) is 36.2. The summed E-state index contributed by atoms with van der Waals surface area (Å²) in [4.78, 5) is 45.2. The van der Waals surface area contributed by atoms with Crippen LogP contribution in [0.1, 0.15) is 0 Å². The number of aliphatic hydroxyl groups is 2. The number of aliphatic hydroxyl groups excluding tert-OH is 2. The van der Waals surface area contributed by atoms with E-state index in [0.717, 1.165) is 26.8 Å². The average Bonchev–Trinajstić information content (AvgIpc) is 2.96. The summed E-state index contributed by atoms with van der Waals surface area (Å²) in [6.45, 7) is 1.20. The summed E-state index contributed by atoms with van der Waals surface area (Å²) >= 11 is 15.0. The molecule has 10 nitrogen and oxygen atoms in total. The summed E-state index contributed by atoms with van der Waals surface area (Å²) in [7, 11) is 0. The summed E-state index contributed by atoms with van der Waals surface area (Å²) in [6, 6.07) is 0. The van der Waals surface area contributed by atoms with Gasteiger partial charge in [-0.15, -0.1) is 118 Å². The zero-order chi connectivity index (χ0) is 30.1. The fraction of sp³-hybridized carbons (Fsp3) is 0.857. The molecule has 0 aromatic rings. The molecule has 0 aromatic heterocycles. The lowest BCUT2D eigenvalue weighted by molar-refractivity contribution is -0.274. The predicted octanol–water partition coefficient (Wildman–Crippen LogP) is 4.50. The van der Waals surface area contributed by atoms with Gasteiger partial charge in [0.05, 0.1) is 35.7 Å². The molecular weight excluding hydrogens is 733 g/mol. The molecule has 0 fully saturated rings. The van der Waals surface area contributed by atoms with Gasteiger partial charge < -0.3 is 24.4 Å². The number of rotatable bonds is 32. The summed E-state index contributed by atoms with van der Waals surface area (Å²) in [5, 5.41) is 20.9. The van der Waals surface area contributed by atoms with Gasteiger partial charge >= 0.3 is 17.9 Å². The average molecular weight is 771 g/mol. The predicted molar refractivity (Wildman–Crippen MR) is 188 cm³/mol. The second-order valence-electron chi connectivity index (χ2n) is 6.57. The van der Waals surface area contributed by atoms with Crippen molar-refractivity contribution in [2.24, 2.45) is 0 Å². The van der Waals surface area contributed by atoms with Crippen LogP contribution in [0.15, 0.2) is 0 Å². The highest BCUT2D eigenvalue weighted by atomic mass is 32.2. The fourth-order valence-electron chi connectivity index (χ4n) is 1.87. The van der Waals surface area contributed by atoms with Gasteiger partial charge in [0.15, 0.2) is 0 Å². The Kier molecular flexibility index (Phi) is 37.8. The lowest BCUT2D eigenvalue weighted by Crippen LogP contribution is -2.10. The van der Waals surface area contributed by atoms with Crippen molar-refractivity contribution in [3.8, 4) is 0 Å². The Labute approximate surface area is 285 Å². The van der Waals surface area contributed by atoms with E-state index in [4.69, 9.17) is 34.2 Å². The molecule has 0 saturated heterocycles. The number of esters is 3. The molecular formula is C21H38O10S10. The standard InChI is InChI=1S/C21H38O10S10/c22-10-38-15-32-4-1-27-19(24)7-35-14-34-6-3-30-31-13-41-18-37-9-21(26)29-12-40-17-36-8-20(25)28-2-5-33-16-39-11-23/h22-23H,1-18H2. The molecule has 0 aromatic carbocycles. The van der Waals surface area contributed by atoms with Gasteiger partial charge in [-0.1, -0.05) is 0 Å². The van der Waals surface area contributed by atoms with Crippen molar-refractivity contribution in [2.75, 3.05) is 104 Å². The smallest absolute Gasteiger partial charge is 0.316 e. The maximum atomic E-state index is 11.7. The van der Waals surface area contributed by atoms with Crippen molar-refractivity contribution in [1.82, 2.24) is 0 Å². The van der Waals surface area contributed by atoms with Crippen molar-refractivity contribution >= 4 is 136 Å². The monoisotopic (exact) mass is 770 g/mol. The van der Waals surface area contributed by atoms with Crippen LogP contribution >= 0.6 is 118 Å². The fourth-order valence-corrected chi connectivity index (χ4v) is 9.47. The van der Waals surface area contributed by atoms with Gasteiger partial charge in [0.2, 0.25) is 0 Å². The molecule has 0 aliphatic rings. The van der Waals surface area contributed by atoms with Gasteiger partial charge in [-0.05, 0) is 0 Å². The highest BCUT2D eigenvalue weighted by molar-refractivity contribution is 8.17. The number of hydrogen-bond acceptors (Lipinski definition) is 20. The molecule has 0 rings (SSSR count). The Bertz CT molecular complexity index is 628. The third kappa shape index (κ3) is 36.1. The molecule has 0 atom stereocenters. The number of thioether (sulfide) groups is 10. The van der Waals surface area contributed by atoms with E-state index in [0.29, 0.717) is 47.4 Å². The summed E-state index contributed by atoms with van der Waals surface area (Å²) in [5.74, 6) is 3.10. The lowest BCUT2D eigenvalue weighted by atomic mass is 10.8. The zero-order valence-electron chi connectivity index (χ0n) is 22.5. The first kappa shape index (κ1) is 42.8. The molecule has 41 heavy (non-hydrogen) atoms. The number of carbonyl (C=O) groups is 3. The van der Waals surface area contributed by atoms with Crippen molar-refractivity contribution in [2.45, 2.75) is 0 Å². The van der Waals surface area contributed by atoms with E-state index in [1.165, 1.54) is 82.3 Å². The molecule has 0 aliphatic heterocycles. The molecule has 2 N–H and O–H groups in total. The molecule has 0 bridgehead atoms. The molecule has 0 amide bonds. The highest BCUT2D eigenvalue weighted by Crippen LogP contribution is 2.16. The van der Waals surface area contributed by atoms with Gasteiger partial charge in [0.1, 0.15) is 25.1 Å². The number of carbonyl (C=O) groups excluding carboxylic acids is 3. The van der Waals surface area contributed by atoms with E-state index in [2.05, 4.69) is 0 Å². The van der Waals surface area contributed by atoms with Crippen molar-refractivity contribution in [3.05, 3.63) is 0 Å². The highest BCUT2D eigenvalue weighted by Gasteiger charge is 2.06. The van der Waals surface area contributed by atoms with Gasteiger partial charge in [0, 0.05) is 42.7 Å². The first-order chi connectivity index (χ1) is 20.1. The third-order valence-corrected chi connectivity index (χ3v) is 13.8. The van der Waals surface area contributed by atoms with E-state index in [9.17, 15) is 14.4 Å².